The van der Waals surface area contributed by atoms with Crippen molar-refractivity contribution >= 4 is 27.8 Å². The second kappa shape index (κ2) is 6.14. The summed E-state index contributed by atoms with van der Waals surface area (Å²) in [7, 11) is 2.16. The molecule has 0 aliphatic heterocycles. The molecule has 0 fully saturated rings. The summed E-state index contributed by atoms with van der Waals surface area (Å²) in [5, 5.41) is 4.84. The summed E-state index contributed by atoms with van der Waals surface area (Å²) in [4.78, 5) is 8.06. The fourth-order valence-electron chi connectivity index (χ4n) is 1.61. The number of likely N-dealkylation sites (N-methyl/N-ethyl adjacent to an activating group) is 1. The number of rotatable bonds is 6. The van der Waals surface area contributed by atoms with Gasteiger partial charge >= 0.3 is 0 Å². The molecule has 0 atom stereocenters. The molecular weight excluding hydrogens is 250 g/mol. The Bertz CT molecular complexity index is 436. The highest BCUT2D eigenvalue weighted by molar-refractivity contribution is 7.13. The summed E-state index contributed by atoms with van der Waals surface area (Å²) in [6.07, 6.45) is 2.11. The maximum Gasteiger partial charge on any atom is 0.180 e. The lowest BCUT2D eigenvalue weighted by atomic mass is 10.3. The molecule has 2 N–H and O–H groups in total. The van der Waals surface area contributed by atoms with Crippen molar-refractivity contribution in [3.63, 3.8) is 0 Å². The molecule has 2 heterocycles. The summed E-state index contributed by atoms with van der Waals surface area (Å²) < 4.78 is 0. The minimum atomic E-state index is 0.668. The van der Waals surface area contributed by atoms with E-state index in [1.165, 1.54) is 16.2 Å². The first kappa shape index (κ1) is 12.5. The molecule has 0 amide bonds. The van der Waals surface area contributed by atoms with Gasteiger partial charge in [-0.15, -0.1) is 22.7 Å². The van der Waals surface area contributed by atoms with Crippen LogP contribution in [0.25, 0.3) is 0 Å². The molecule has 0 radical (unpaired) electrons. The Morgan fingerprint density at radius 1 is 1.29 bits per heavy atom. The van der Waals surface area contributed by atoms with Gasteiger partial charge in [0.1, 0.15) is 0 Å². The third-order valence-corrected chi connectivity index (χ3v) is 4.30. The smallest absolute Gasteiger partial charge is 0.180 e. The molecule has 3 nitrogen and oxygen atoms in total. The topological polar surface area (TPSA) is 42.1 Å². The number of thiophene rings is 1. The van der Waals surface area contributed by atoms with E-state index < -0.39 is 0 Å². The fraction of sp³-hybridized carbons (Fsp3) is 0.417. The van der Waals surface area contributed by atoms with E-state index in [2.05, 4.69) is 34.4 Å². The first-order valence-corrected chi connectivity index (χ1v) is 7.41. The summed E-state index contributed by atoms with van der Waals surface area (Å²) in [6, 6.07) is 4.30. The third-order valence-electron chi connectivity index (χ3n) is 2.64. The lowest BCUT2D eigenvalue weighted by Crippen LogP contribution is -2.23. The van der Waals surface area contributed by atoms with Crippen LogP contribution in [0.4, 0.5) is 5.13 Å². The Hall–Kier alpha value is -0.910. The zero-order valence-corrected chi connectivity index (χ0v) is 11.6. The molecule has 0 bridgehead atoms. The normalized spacial score (nSPS) is 11.2. The van der Waals surface area contributed by atoms with Crippen molar-refractivity contribution in [1.29, 1.82) is 0 Å². The van der Waals surface area contributed by atoms with Gasteiger partial charge in [0, 0.05) is 29.8 Å². The van der Waals surface area contributed by atoms with Crippen molar-refractivity contribution in [2.75, 3.05) is 25.9 Å². The Morgan fingerprint density at radius 2 is 2.12 bits per heavy atom. The van der Waals surface area contributed by atoms with Crippen molar-refractivity contribution in [2.24, 2.45) is 0 Å². The van der Waals surface area contributed by atoms with Gasteiger partial charge in [-0.25, -0.2) is 4.98 Å². The quantitative estimate of drug-likeness (QED) is 0.874. The average molecular weight is 267 g/mol. The van der Waals surface area contributed by atoms with Crippen LogP contribution in [0.15, 0.2) is 22.9 Å². The van der Waals surface area contributed by atoms with E-state index in [4.69, 9.17) is 5.73 Å². The van der Waals surface area contributed by atoms with Crippen LogP contribution in [-0.4, -0.2) is 30.0 Å². The van der Waals surface area contributed by atoms with Gasteiger partial charge in [-0.3, -0.25) is 0 Å². The van der Waals surface area contributed by atoms with Crippen LogP contribution in [0.3, 0.4) is 0 Å². The molecule has 0 spiro atoms. The summed E-state index contributed by atoms with van der Waals surface area (Å²) in [5.41, 5.74) is 6.71. The number of thiazole rings is 1. The first-order chi connectivity index (χ1) is 8.24. The predicted molar refractivity (Wildman–Crippen MR) is 75.8 cm³/mol. The lowest BCUT2D eigenvalue weighted by Gasteiger charge is -2.14. The van der Waals surface area contributed by atoms with E-state index in [9.17, 15) is 0 Å². The Morgan fingerprint density at radius 3 is 2.76 bits per heavy atom. The van der Waals surface area contributed by atoms with Crippen molar-refractivity contribution in [1.82, 2.24) is 9.88 Å². The molecular formula is C12H17N3S2. The van der Waals surface area contributed by atoms with Gasteiger partial charge in [-0.2, -0.15) is 0 Å². The van der Waals surface area contributed by atoms with E-state index in [0.29, 0.717) is 5.13 Å². The zero-order chi connectivity index (χ0) is 12.1. The molecule has 0 aliphatic carbocycles. The van der Waals surface area contributed by atoms with Crippen molar-refractivity contribution in [3.8, 4) is 0 Å². The predicted octanol–water partition coefficient (Wildman–Crippen LogP) is 2.50. The van der Waals surface area contributed by atoms with Crippen LogP contribution >= 0.6 is 22.7 Å². The fourth-order valence-corrected chi connectivity index (χ4v) is 2.91. The SMILES string of the molecule is CN(CCc1csc(N)n1)CCc1cccs1. The van der Waals surface area contributed by atoms with Gasteiger partial charge in [0.05, 0.1) is 5.69 Å². The number of nitrogen functional groups attached to an aromatic ring is 1. The molecule has 0 unspecified atom stereocenters. The van der Waals surface area contributed by atoms with Gasteiger partial charge < -0.3 is 10.6 Å². The van der Waals surface area contributed by atoms with Gasteiger partial charge in [0.25, 0.3) is 0 Å². The molecule has 92 valence electrons. The molecule has 2 rings (SSSR count). The minimum Gasteiger partial charge on any atom is -0.375 e. The molecule has 2 aromatic rings. The lowest BCUT2D eigenvalue weighted by molar-refractivity contribution is 0.343. The zero-order valence-electron chi connectivity index (χ0n) is 9.93. The Balaban J connectivity index is 1.69. The van der Waals surface area contributed by atoms with Gasteiger partial charge in [-0.1, -0.05) is 6.07 Å². The van der Waals surface area contributed by atoms with E-state index in [-0.39, 0.29) is 0 Å². The number of anilines is 1. The van der Waals surface area contributed by atoms with Gasteiger partial charge in [0.2, 0.25) is 0 Å². The molecule has 2 aromatic heterocycles. The van der Waals surface area contributed by atoms with Gasteiger partial charge in [-0.05, 0) is 24.9 Å². The highest BCUT2D eigenvalue weighted by Crippen LogP contribution is 2.12. The number of aromatic nitrogens is 1. The number of nitrogens with zero attached hydrogens (tertiary/aromatic N) is 2. The van der Waals surface area contributed by atoms with Crippen LogP contribution in [0.2, 0.25) is 0 Å². The monoisotopic (exact) mass is 267 g/mol. The van der Waals surface area contributed by atoms with E-state index in [1.54, 1.807) is 0 Å². The standard InChI is InChI=1S/C12H17N3S2/c1-15(7-5-11-3-2-8-16-11)6-4-10-9-17-12(13)14-10/h2-3,8-9H,4-7H2,1H3,(H2,13,14). The molecule has 17 heavy (non-hydrogen) atoms. The largest absolute Gasteiger partial charge is 0.375 e. The van der Waals surface area contributed by atoms with Crippen LogP contribution in [0.1, 0.15) is 10.6 Å². The maximum atomic E-state index is 5.60. The summed E-state index contributed by atoms with van der Waals surface area (Å²) in [6.45, 7) is 2.13. The Labute approximate surface area is 110 Å². The highest BCUT2D eigenvalue weighted by Gasteiger charge is 2.03. The highest BCUT2D eigenvalue weighted by atomic mass is 32.1. The van der Waals surface area contributed by atoms with Crippen molar-refractivity contribution < 1.29 is 0 Å². The Kier molecular flexibility index (Phi) is 4.53. The molecule has 0 saturated carbocycles. The van der Waals surface area contributed by atoms with E-state index in [0.717, 1.165) is 31.6 Å². The summed E-state index contributed by atoms with van der Waals surface area (Å²) in [5.74, 6) is 0. The number of hydrogen-bond acceptors (Lipinski definition) is 5. The number of hydrogen-bond donors (Lipinski definition) is 1. The van der Waals surface area contributed by atoms with E-state index >= 15 is 0 Å². The maximum absolute atomic E-state index is 5.60. The van der Waals surface area contributed by atoms with Crippen LogP contribution in [-0.2, 0) is 12.8 Å². The number of nitrogens with two attached hydrogens (primary N) is 1. The second-order valence-electron chi connectivity index (χ2n) is 4.06. The van der Waals surface area contributed by atoms with Crippen LogP contribution in [0.5, 0.6) is 0 Å². The minimum absolute atomic E-state index is 0.668. The van der Waals surface area contributed by atoms with Crippen LogP contribution < -0.4 is 5.73 Å². The molecule has 5 heteroatoms. The third kappa shape index (κ3) is 4.11. The van der Waals surface area contributed by atoms with Crippen molar-refractivity contribution in [3.05, 3.63) is 33.5 Å². The second-order valence-corrected chi connectivity index (χ2v) is 5.98. The average Bonchev–Trinajstić information content (AvgIpc) is 2.95. The summed E-state index contributed by atoms with van der Waals surface area (Å²) >= 11 is 3.35. The van der Waals surface area contributed by atoms with Crippen LogP contribution in [0, 0.1) is 0 Å². The molecule has 0 saturated heterocycles. The van der Waals surface area contributed by atoms with E-state index in [1.807, 2.05) is 16.7 Å². The molecule has 0 aliphatic rings. The first-order valence-electron chi connectivity index (χ1n) is 5.65. The molecule has 0 aromatic carbocycles. The van der Waals surface area contributed by atoms with Gasteiger partial charge in [0.15, 0.2) is 5.13 Å². The van der Waals surface area contributed by atoms with Crippen molar-refractivity contribution in [2.45, 2.75) is 12.8 Å².